The SMILES string of the molecule is CCCC12COC(c3ccc(C#CCOC(C)=O)cc3)(OC1)OC2. The van der Waals surface area contributed by atoms with Gasteiger partial charge in [0.25, 0.3) is 0 Å². The zero-order valence-corrected chi connectivity index (χ0v) is 14.1. The molecule has 0 amide bonds. The Bertz CT molecular complexity index is 628. The van der Waals surface area contributed by atoms with Crippen LogP contribution in [-0.2, 0) is 29.7 Å². The van der Waals surface area contributed by atoms with Crippen LogP contribution < -0.4 is 0 Å². The summed E-state index contributed by atoms with van der Waals surface area (Å²) in [6.45, 7) is 5.59. The third-order valence-electron chi connectivity index (χ3n) is 4.30. The Hall–Kier alpha value is -1.87. The first-order chi connectivity index (χ1) is 11.6. The van der Waals surface area contributed by atoms with Crippen molar-refractivity contribution >= 4 is 5.97 Å². The number of carbonyl (C=O) groups excluding carboxylic acids is 1. The summed E-state index contributed by atoms with van der Waals surface area (Å²) >= 11 is 0. The lowest BCUT2D eigenvalue weighted by molar-refractivity contribution is -0.480. The maximum Gasteiger partial charge on any atom is 0.312 e. The molecule has 3 aliphatic rings. The van der Waals surface area contributed by atoms with E-state index in [-0.39, 0.29) is 18.0 Å². The van der Waals surface area contributed by atoms with Crippen molar-refractivity contribution in [1.29, 1.82) is 0 Å². The summed E-state index contributed by atoms with van der Waals surface area (Å²) in [6, 6.07) is 7.55. The standard InChI is InChI=1S/C19H22O5/c1-3-10-18-12-22-19(23-13-18,24-14-18)17-8-6-16(7-9-17)5-4-11-21-15(2)20/h6-9H,3,10-14H2,1-2H3. The quantitative estimate of drug-likeness (QED) is 0.627. The van der Waals surface area contributed by atoms with Crippen LogP contribution in [0.5, 0.6) is 0 Å². The number of carbonyl (C=O) groups is 1. The zero-order valence-electron chi connectivity index (χ0n) is 14.1. The lowest BCUT2D eigenvalue weighted by Gasteiger charge is -2.51. The van der Waals surface area contributed by atoms with Crippen LogP contribution in [0.4, 0.5) is 0 Å². The van der Waals surface area contributed by atoms with Crippen molar-refractivity contribution in [2.24, 2.45) is 5.41 Å². The van der Waals surface area contributed by atoms with E-state index in [0.717, 1.165) is 24.0 Å². The smallest absolute Gasteiger partial charge is 0.312 e. The van der Waals surface area contributed by atoms with E-state index >= 15 is 0 Å². The second-order valence-electron chi connectivity index (χ2n) is 6.33. The number of esters is 1. The minimum absolute atomic E-state index is 0.00136. The van der Waals surface area contributed by atoms with Crippen molar-refractivity contribution < 1.29 is 23.7 Å². The maximum absolute atomic E-state index is 10.7. The van der Waals surface area contributed by atoms with Gasteiger partial charge in [-0.15, -0.1) is 0 Å². The molecule has 0 unspecified atom stereocenters. The molecule has 0 aliphatic carbocycles. The van der Waals surface area contributed by atoms with Crippen molar-refractivity contribution in [3.8, 4) is 11.8 Å². The number of rotatable bonds is 4. The summed E-state index contributed by atoms with van der Waals surface area (Å²) < 4.78 is 22.6. The van der Waals surface area contributed by atoms with Crippen molar-refractivity contribution in [3.05, 3.63) is 35.4 Å². The highest BCUT2D eigenvalue weighted by molar-refractivity contribution is 5.66. The first kappa shape index (κ1) is 17.0. The molecule has 3 heterocycles. The van der Waals surface area contributed by atoms with Crippen LogP contribution in [0, 0.1) is 17.3 Å². The fourth-order valence-corrected chi connectivity index (χ4v) is 3.02. The van der Waals surface area contributed by atoms with Gasteiger partial charge in [0, 0.05) is 23.5 Å². The van der Waals surface area contributed by atoms with Gasteiger partial charge in [-0.1, -0.05) is 25.2 Å². The third-order valence-corrected chi connectivity index (χ3v) is 4.30. The van der Waals surface area contributed by atoms with Gasteiger partial charge in [-0.2, -0.15) is 0 Å². The summed E-state index contributed by atoms with van der Waals surface area (Å²) in [7, 11) is 0. The van der Waals surface area contributed by atoms with E-state index in [2.05, 4.69) is 18.8 Å². The first-order valence-corrected chi connectivity index (χ1v) is 8.22. The van der Waals surface area contributed by atoms with Gasteiger partial charge in [-0.05, 0) is 30.7 Å². The molecule has 3 saturated heterocycles. The predicted octanol–water partition coefficient (Wildman–Crippen LogP) is 2.58. The highest BCUT2D eigenvalue weighted by Crippen LogP contribution is 2.46. The number of hydrogen-bond acceptors (Lipinski definition) is 5. The molecule has 0 aromatic heterocycles. The van der Waals surface area contributed by atoms with Crippen molar-refractivity contribution in [3.63, 3.8) is 0 Å². The van der Waals surface area contributed by atoms with Gasteiger partial charge in [0.1, 0.15) is 0 Å². The summed E-state index contributed by atoms with van der Waals surface area (Å²) in [5.74, 6) is 4.32. The number of fused-ring (bicyclic) bond motifs is 3. The van der Waals surface area contributed by atoms with Crippen molar-refractivity contribution in [2.45, 2.75) is 32.7 Å². The Morgan fingerprint density at radius 3 is 2.33 bits per heavy atom. The van der Waals surface area contributed by atoms with E-state index in [1.807, 2.05) is 24.3 Å². The number of hydrogen-bond donors (Lipinski definition) is 0. The third kappa shape index (κ3) is 3.46. The monoisotopic (exact) mass is 330 g/mol. The Morgan fingerprint density at radius 1 is 1.17 bits per heavy atom. The van der Waals surface area contributed by atoms with Crippen LogP contribution in [0.1, 0.15) is 37.8 Å². The van der Waals surface area contributed by atoms with E-state index in [9.17, 15) is 4.79 Å². The fourth-order valence-electron chi connectivity index (χ4n) is 3.02. The Balaban J connectivity index is 1.65. The Kier molecular flexibility index (Phi) is 4.91. The normalized spacial score (nSPS) is 28.1. The highest BCUT2D eigenvalue weighted by Gasteiger charge is 2.53. The number of ether oxygens (including phenoxy) is 4. The molecule has 4 rings (SSSR count). The summed E-state index contributed by atoms with van der Waals surface area (Å²) in [6.07, 6.45) is 2.13. The molecular weight excluding hydrogens is 308 g/mol. The minimum Gasteiger partial charge on any atom is -0.453 e. The minimum atomic E-state index is -1.08. The van der Waals surface area contributed by atoms with E-state index in [4.69, 9.17) is 18.9 Å². The van der Waals surface area contributed by atoms with Crippen LogP contribution in [0.25, 0.3) is 0 Å². The molecule has 0 atom stereocenters. The predicted molar refractivity (Wildman–Crippen MR) is 86.8 cm³/mol. The molecule has 5 heteroatoms. The van der Waals surface area contributed by atoms with E-state index in [1.54, 1.807) is 0 Å². The van der Waals surface area contributed by atoms with Gasteiger partial charge in [-0.3, -0.25) is 4.79 Å². The van der Waals surface area contributed by atoms with Crippen LogP contribution in [0.15, 0.2) is 24.3 Å². The average molecular weight is 330 g/mol. The summed E-state index contributed by atoms with van der Waals surface area (Å²) in [5.41, 5.74) is 1.66. The molecule has 128 valence electrons. The van der Waals surface area contributed by atoms with Crippen LogP contribution in [0.2, 0.25) is 0 Å². The molecular formula is C19H22O5. The molecule has 0 N–H and O–H groups in total. The van der Waals surface area contributed by atoms with Gasteiger partial charge in [0.15, 0.2) is 6.61 Å². The van der Waals surface area contributed by atoms with Crippen LogP contribution >= 0.6 is 0 Å². The lowest BCUT2D eigenvalue weighted by atomic mass is 9.83. The molecule has 3 aliphatic heterocycles. The Morgan fingerprint density at radius 2 is 1.79 bits per heavy atom. The largest absolute Gasteiger partial charge is 0.453 e. The molecule has 1 aromatic rings. The molecule has 0 spiro atoms. The van der Waals surface area contributed by atoms with Gasteiger partial charge in [0.05, 0.1) is 19.8 Å². The van der Waals surface area contributed by atoms with E-state index in [1.165, 1.54) is 6.92 Å². The fraction of sp³-hybridized carbons (Fsp3) is 0.526. The topological polar surface area (TPSA) is 54.0 Å². The van der Waals surface area contributed by atoms with Crippen LogP contribution in [-0.4, -0.2) is 32.4 Å². The van der Waals surface area contributed by atoms with Crippen molar-refractivity contribution in [1.82, 2.24) is 0 Å². The molecule has 3 fully saturated rings. The first-order valence-electron chi connectivity index (χ1n) is 8.22. The summed E-state index contributed by atoms with van der Waals surface area (Å²) in [4.78, 5) is 10.7. The second kappa shape index (κ2) is 6.94. The van der Waals surface area contributed by atoms with Gasteiger partial charge in [0.2, 0.25) is 0 Å². The van der Waals surface area contributed by atoms with E-state index < -0.39 is 5.97 Å². The highest BCUT2D eigenvalue weighted by atomic mass is 16.9. The molecule has 5 nitrogen and oxygen atoms in total. The van der Waals surface area contributed by atoms with Crippen LogP contribution in [0.3, 0.4) is 0 Å². The van der Waals surface area contributed by atoms with E-state index in [0.29, 0.717) is 19.8 Å². The summed E-state index contributed by atoms with van der Waals surface area (Å²) in [5, 5.41) is 0. The molecule has 1 aromatic carbocycles. The Labute approximate surface area is 142 Å². The van der Waals surface area contributed by atoms with Gasteiger partial charge >= 0.3 is 11.9 Å². The molecule has 24 heavy (non-hydrogen) atoms. The molecule has 0 radical (unpaired) electrons. The van der Waals surface area contributed by atoms with Gasteiger partial charge < -0.3 is 18.9 Å². The maximum atomic E-state index is 10.7. The second-order valence-corrected chi connectivity index (χ2v) is 6.33. The molecule has 0 saturated carbocycles. The van der Waals surface area contributed by atoms with Gasteiger partial charge in [-0.25, -0.2) is 0 Å². The average Bonchev–Trinajstić information content (AvgIpc) is 2.61. The zero-order chi connectivity index (χ0) is 17.0. The van der Waals surface area contributed by atoms with Crippen molar-refractivity contribution in [2.75, 3.05) is 26.4 Å². The molecule has 2 bridgehead atoms. The number of benzene rings is 1. The lowest BCUT2D eigenvalue weighted by Crippen LogP contribution is -2.58.